The third kappa shape index (κ3) is 3.41. The summed E-state index contributed by atoms with van der Waals surface area (Å²) in [5.41, 5.74) is 0.771. The van der Waals surface area contributed by atoms with E-state index >= 15 is 0 Å². The van der Waals surface area contributed by atoms with E-state index in [1.165, 1.54) is 12.0 Å². The zero-order valence-corrected chi connectivity index (χ0v) is 16.5. The summed E-state index contributed by atoms with van der Waals surface area (Å²) < 4.78 is 11.5. The van der Waals surface area contributed by atoms with Crippen LogP contribution in [0.4, 0.5) is 0 Å². The first-order chi connectivity index (χ1) is 12.4. The predicted molar refractivity (Wildman–Crippen MR) is 103 cm³/mol. The number of carbonyl (C=O) groups is 2. The second kappa shape index (κ2) is 7.63. The Kier molecular flexibility index (Phi) is 5.47. The Hall–Kier alpha value is -2.13. The zero-order chi connectivity index (χ0) is 18.8. The Morgan fingerprint density at radius 3 is 2.54 bits per heavy atom. The van der Waals surface area contributed by atoms with E-state index in [0.717, 1.165) is 9.13 Å². The van der Waals surface area contributed by atoms with Gasteiger partial charge in [-0.25, -0.2) is 0 Å². The maximum Gasteiger partial charge on any atom is 0.290 e. The first-order valence-corrected chi connectivity index (χ1v) is 9.11. The maximum absolute atomic E-state index is 13.0. The molecule has 1 aliphatic heterocycles. The molecule has 3 rings (SSSR count). The fraction of sp³-hybridized carbons (Fsp3) is 0.263. The van der Waals surface area contributed by atoms with Crippen LogP contribution < -0.4 is 0 Å². The minimum atomic E-state index is -0.687. The number of furan rings is 1. The third-order valence-electron chi connectivity index (χ3n) is 4.23. The number of nitrogens with zero attached hydrogens (tertiary/aromatic N) is 1. The lowest BCUT2D eigenvalue weighted by Gasteiger charge is -2.26. The molecular weight excluding hydrogens is 449 g/mol. The van der Waals surface area contributed by atoms with Crippen LogP contribution in [0.2, 0.25) is 0 Å². The number of hydrogen-bond donors (Lipinski definition) is 1. The van der Waals surface area contributed by atoms with Gasteiger partial charge in [0.05, 0.1) is 18.2 Å². The minimum absolute atomic E-state index is 0.0293. The van der Waals surface area contributed by atoms with Crippen molar-refractivity contribution < 1.29 is 23.8 Å². The first kappa shape index (κ1) is 18.7. The first-order valence-electron chi connectivity index (χ1n) is 8.03. The van der Waals surface area contributed by atoms with Crippen LogP contribution in [0.5, 0.6) is 0 Å². The number of aliphatic hydroxyl groups is 1. The molecule has 0 bridgehead atoms. The van der Waals surface area contributed by atoms with E-state index in [1.807, 2.05) is 24.3 Å². The monoisotopic (exact) mass is 467 g/mol. The standard InChI is InChI=1S/C19H18INO5/c1-11-3-8-14(26-11)17(22)15-16(12-4-6-13(20)7-5-12)21(9-10-25-2)19(24)18(15)23/h3-8,16,23H,9-10H2,1-2H3/t16-/m1/s1. The number of Topliss-reactive ketones (excluding diaryl/α,β-unsaturated/α-hetero) is 1. The van der Waals surface area contributed by atoms with Crippen LogP contribution in [0.1, 0.15) is 27.9 Å². The topological polar surface area (TPSA) is 80.0 Å². The van der Waals surface area contributed by atoms with Crippen molar-refractivity contribution in [3.8, 4) is 0 Å². The van der Waals surface area contributed by atoms with E-state index in [1.54, 1.807) is 19.1 Å². The molecule has 0 radical (unpaired) electrons. The highest BCUT2D eigenvalue weighted by Crippen LogP contribution is 2.39. The molecule has 2 heterocycles. The number of halogens is 1. The van der Waals surface area contributed by atoms with Crippen molar-refractivity contribution in [2.24, 2.45) is 0 Å². The molecular formula is C19H18INO5. The second-order valence-electron chi connectivity index (χ2n) is 5.95. The van der Waals surface area contributed by atoms with Gasteiger partial charge in [-0.3, -0.25) is 9.59 Å². The van der Waals surface area contributed by atoms with Crippen molar-refractivity contribution in [1.82, 2.24) is 4.90 Å². The van der Waals surface area contributed by atoms with Gasteiger partial charge in [0.25, 0.3) is 5.91 Å². The number of carbonyl (C=O) groups excluding carboxylic acids is 2. The molecule has 1 atom stereocenters. The van der Waals surface area contributed by atoms with Crippen LogP contribution >= 0.6 is 22.6 Å². The van der Waals surface area contributed by atoms with Crippen molar-refractivity contribution in [3.63, 3.8) is 0 Å². The van der Waals surface area contributed by atoms with Gasteiger partial charge in [0, 0.05) is 17.2 Å². The second-order valence-corrected chi connectivity index (χ2v) is 7.19. The molecule has 136 valence electrons. The summed E-state index contributed by atoms with van der Waals surface area (Å²) in [4.78, 5) is 27.0. The highest BCUT2D eigenvalue weighted by atomic mass is 127. The van der Waals surface area contributed by atoms with Crippen LogP contribution in [-0.4, -0.2) is 42.0 Å². The highest BCUT2D eigenvalue weighted by molar-refractivity contribution is 14.1. The average molecular weight is 467 g/mol. The highest BCUT2D eigenvalue weighted by Gasteiger charge is 2.44. The number of amides is 1. The quantitative estimate of drug-likeness (QED) is 0.521. The number of methoxy groups -OCH3 is 1. The number of hydrogen-bond acceptors (Lipinski definition) is 5. The smallest absolute Gasteiger partial charge is 0.290 e. The molecule has 6 nitrogen and oxygen atoms in total. The van der Waals surface area contributed by atoms with Crippen molar-refractivity contribution >= 4 is 34.3 Å². The Morgan fingerprint density at radius 2 is 1.96 bits per heavy atom. The van der Waals surface area contributed by atoms with E-state index in [0.29, 0.717) is 12.4 Å². The molecule has 0 saturated carbocycles. The Bertz CT molecular complexity index is 868. The van der Waals surface area contributed by atoms with Gasteiger partial charge in [-0.15, -0.1) is 0 Å². The van der Waals surface area contributed by atoms with Gasteiger partial charge in [0.2, 0.25) is 5.78 Å². The third-order valence-corrected chi connectivity index (χ3v) is 4.95. The van der Waals surface area contributed by atoms with Gasteiger partial charge in [-0.1, -0.05) is 12.1 Å². The Morgan fingerprint density at radius 1 is 1.27 bits per heavy atom. The largest absolute Gasteiger partial charge is 0.503 e. The molecule has 0 spiro atoms. The molecule has 1 aliphatic rings. The van der Waals surface area contributed by atoms with Gasteiger partial charge in [-0.2, -0.15) is 0 Å². The van der Waals surface area contributed by atoms with Gasteiger partial charge < -0.3 is 19.2 Å². The van der Waals surface area contributed by atoms with E-state index in [2.05, 4.69) is 22.6 Å². The summed E-state index contributed by atoms with van der Waals surface area (Å²) in [5, 5.41) is 10.4. The number of ether oxygens (including phenoxy) is 1. The molecule has 0 saturated heterocycles. The number of benzene rings is 1. The fourth-order valence-electron chi connectivity index (χ4n) is 2.99. The van der Waals surface area contributed by atoms with Crippen molar-refractivity contribution in [2.75, 3.05) is 20.3 Å². The molecule has 1 amide bonds. The molecule has 7 heteroatoms. The van der Waals surface area contributed by atoms with Crippen LogP contribution in [-0.2, 0) is 9.53 Å². The lowest BCUT2D eigenvalue weighted by atomic mass is 9.95. The van der Waals surface area contributed by atoms with Crippen LogP contribution in [0.3, 0.4) is 0 Å². The normalized spacial score (nSPS) is 17.3. The molecule has 2 aromatic rings. The molecule has 1 N–H and O–H groups in total. The predicted octanol–water partition coefficient (Wildman–Crippen LogP) is 3.42. The van der Waals surface area contributed by atoms with Gasteiger partial charge in [0.1, 0.15) is 5.76 Å². The Balaban J connectivity index is 2.07. The van der Waals surface area contributed by atoms with Crippen LogP contribution in [0.25, 0.3) is 0 Å². The molecule has 1 aromatic heterocycles. The number of ketones is 1. The van der Waals surface area contributed by atoms with Gasteiger partial charge in [-0.05, 0) is 59.3 Å². The van der Waals surface area contributed by atoms with E-state index in [9.17, 15) is 14.7 Å². The number of rotatable bonds is 6. The van der Waals surface area contributed by atoms with Crippen molar-refractivity contribution in [3.05, 3.63) is 68.4 Å². The number of aryl methyl sites for hydroxylation is 1. The maximum atomic E-state index is 13.0. The summed E-state index contributed by atoms with van der Waals surface area (Å²) in [7, 11) is 1.53. The summed E-state index contributed by atoms with van der Waals surface area (Å²) >= 11 is 2.18. The van der Waals surface area contributed by atoms with E-state index < -0.39 is 23.5 Å². The minimum Gasteiger partial charge on any atom is -0.503 e. The van der Waals surface area contributed by atoms with Crippen molar-refractivity contribution in [1.29, 1.82) is 0 Å². The molecule has 0 aliphatic carbocycles. The molecule has 26 heavy (non-hydrogen) atoms. The van der Waals surface area contributed by atoms with E-state index in [-0.39, 0.29) is 17.9 Å². The van der Waals surface area contributed by atoms with Gasteiger partial charge in [0.15, 0.2) is 11.5 Å². The van der Waals surface area contributed by atoms with Gasteiger partial charge >= 0.3 is 0 Å². The van der Waals surface area contributed by atoms with Crippen LogP contribution in [0.15, 0.2) is 52.1 Å². The zero-order valence-electron chi connectivity index (χ0n) is 14.4. The summed E-state index contributed by atoms with van der Waals surface area (Å²) in [6, 6.07) is 10.0. The fourth-order valence-corrected chi connectivity index (χ4v) is 3.35. The summed E-state index contributed by atoms with van der Waals surface area (Å²) in [5.74, 6) is -0.936. The SMILES string of the molecule is COCCN1C(=O)C(O)=C(C(=O)c2ccc(C)o2)[C@H]1c1ccc(I)cc1. The summed E-state index contributed by atoms with van der Waals surface area (Å²) in [6.07, 6.45) is 0. The average Bonchev–Trinajstić information content (AvgIpc) is 3.16. The molecule has 0 fully saturated rings. The van der Waals surface area contributed by atoms with Crippen LogP contribution in [0, 0.1) is 10.5 Å². The Labute approximate surface area is 164 Å². The van der Waals surface area contributed by atoms with Crippen molar-refractivity contribution in [2.45, 2.75) is 13.0 Å². The summed E-state index contributed by atoms with van der Waals surface area (Å²) in [6.45, 7) is 2.28. The molecule has 0 unspecified atom stereocenters. The lowest BCUT2D eigenvalue weighted by molar-refractivity contribution is -0.130. The lowest BCUT2D eigenvalue weighted by Crippen LogP contribution is -2.34. The molecule has 1 aromatic carbocycles. The number of aliphatic hydroxyl groups excluding tert-OH is 1. The van der Waals surface area contributed by atoms with E-state index in [4.69, 9.17) is 9.15 Å².